The molecule has 8 N–H and O–H groups in total. The van der Waals surface area contributed by atoms with Crippen LogP contribution in [0.1, 0.15) is 32.1 Å². The van der Waals surface area contributed by atoms with Gasteiger partial charge in [-0.25, -0.2) is 30.4 Å². The van der Waals surface area contributed by atoms with E-state index < -0.39 is 11.9 Å². The Bertz CT molecular complexity index is 1860. The molecular weight excluding hydrogens is 629 g/mol. The maximum absolute atomic E-state index is 12.4. The molecule has 0 fully saturated rings. The molecule has 2 heterocycles. The van der Waals surface area contributed by atoms with Crippen molar-refractivity contribution in [1.82, 2.24) is 31.7 Å². The molecule has 0 saturated carbocycles. The average molecular weight is 657 g/mol. The Balaban J connectivity index is 1.79. The molecule has 0 unspecified atom stereocenters. The molecule has 0 aliphatic rings. The van der Waals surface area contributed by atoms with Crippen LogP contribution in [0.25, 0.3) is 44.1 Å². The summed E-state index contributed by atoms with van der Waals surface area (Å²) in [6.07, 6.45) is 0. The molecule has 12 nitrogen and oxygen atoms in total. The molecule has 0 saturated heterocycles. The van der Waals surface area contributed by atoms with Crippen LogP contribution in [0.15, 0.2) is 72.8 Å². The minimum Gasteiger partial charge on any atom is -0.477 e. The molecule has 2 aromatic heterocycles. The van der Waals surface area contributed by atoms with Crippen LogP contribution >= 0.6 is 24.4 Å². The third-order valence-electron chi connectivity index (χ3n) is 7.00. The van der Waals surface area contributed by atoms with Crippen molar-refractivity contribution >= 4 is 68.2 Å². The molecular formula is C32H28N6O6S2. The minimum absolute atomic E-state index is 0.109. The highest BCUT2D eigenvalue weighted by molar-refractivity contribution is 7.81. The fourth-order valence-electron chi connectivity index (χ4n) is 5.00. The van der Waals surface area contributed by atoms with E-state index in [-0.39, 0.29) is 48.7 Å². The van der Waals surface area contributed by atoms with Gasteiger partial charge in [-0.3, -0.25) is 0 Å². The summed E-state index contributed by atoms with van der Waals surface area (Å²) in [6, 6.07) is 20.8. The van der Waals surface area contributed by atoms with E-state index in [2.05, 4.69) is 31.7 Å². The van der Waals surface area contributed by atoms with E-state index in [4.69, 9.17) is 34.6 Å². The molecule has 0 radical (unpaired) electrons. The van der Waals surface area contributed by atoms with Gasteiger partial charge < -0.3 is 31.3 Å². The van der Waals surface area contributed by atoms with Crippen molar-refractivity contribution < 1.29 is 30.0 Å². The zero-order valence-corrected chi connectivity index (χ0v) is 25.7. The summed E-state index contributed by atoms with van der Waals surface area (Å²) < 4.78 is 0. The van der Waals surface area contributed by atoms with E-state index >= 15 is 0 Å². The molecule has 3 aromatic carbocycles. The SMILES string of the molecule is O=C(O)c1cc(-c2ccccc2C(=S)NNCCO)c2ccc3c(-c4ccccc4C(=S)NNCCO)cc(C(=O)O)nc3c2n1. The first-order chi connectivity index (χ1) is 22.2. The molecule has 0 atom stereocenters. The number of hydrazine groups is 2. The van der Waals surface area contributed by atoms with Crippen LogP contribution in [-0.4, -0.2) is 78.6 Å². The largest absolute Gasteiger partial charge is 0.477 e. The number of carbonyl (C=O) groups is 2. The summed E-state index contributed by atoms with van der Waals surface area (Å²) in [5.41, 5.74) is 14.6. The third-order valence-corrected chi connectivity index (χ3v) is 7.64. The number of fused-ring (bicyclic) bond motifs is 3. The van der Waals surface area contributed by atoms with Crippen LogP contribution in [0, 0.1) is 0 Å². The number of pyridine rings is 2. The molecule has 0 aliphatic carbocycles. The van der Waals surface area contributed by atoms with Crippen molar-refractivity contribution in [3.05, 3.63) is 95.3 Å². The Labute approximate surface area is 273 Å². The standard InChI is InChI=1S/C32H28N6O6S2/c39-13-11-33-37-29(45)21-7-3-1-5-17(21)23-15-25(31(41)42)35-27-19(23)9-10-20-24(16-26(32(43)44)36-28(20)27)18-6-2-4-8-22(18)30(46)38-34-12-14-40/h1-10,15-16,33-34,39-40H,11-14H2,(H,37,45)(H,38,46)(H,41,42)(H,43,44). The fraction of sp³-hybridized carbons (Fsp3) is 0.125. The van der Waals surface area contributed by atoms with Crippen molar-refractivity contribution in [2.24, 2.45) is 0 Å². The van der Waals surface area contributed by atoms with Gasteiger partial charge in [-0.05, 0) is 34.4 Å². The molecule has 46 heavy (non-hydrogen) atoms. The Kier molecular flexibility index (Phi) is 10.2. The Morgan fingerprint density at radius 1 is 0.609 bits per heavy atom. The number of carboxylic acid groups (broad SMARTS) is 2. The second-order valence-corrected chi connectivity index (χ2v) is 10.7. The van der Waals surface area contributed by atoms with Crippen molar-refractivity contribution in [2.45, 2.75) is 0 Å². The Morgan fingerprint density at radius 2 is 1.00 bits per heavy atom. The summed E-state index contributed by atoms with van der Waals surface area (Å²) in [6.45, 7) is 0.279. The smallest absolute Gasteiger partial charge is 0.354 e. The van der Waals surface area contributed by atoms with Gasteiger partial charge in [0.05, 0.1) is 24.2 Å². The zero-order chi connectivity index (χ0) is 32.8. The molecule has 0 spiro atoms. The lowest BCUT2D eigenvalue weighted by molar-refractivity contribution is 0.0680. The number of carboxylic acids is 2. The summed E-state index contributed by atoms with van der Waals surface area (Å²) in [7, 11) is 0. The van der Waals surface area contributed by atoms with Gasteiger partial charge in [-0.1, -0.05) is 85.1 Å². The van der Waals surface area contributed by atoms with Gasteiger partial charge in [0.2, 0.25) is 0 Å². The maximum Gasteiger partial charge on any atom is 0.354 e. The summed E-state index contributed by atoms with van der Waals surface area (Å²) in [5.74, 6) is -2.57. The Hall–Kier alpha value is -4.96. The number of rotatable bonds is 12. The number of aromatic nitrogens is 2. The second kappa shape index (κ2) is 14.4. The quantitative estimate of drug-likeness (QED) is 0.0423. The normalized spacial score (nSPS) is 11.0. The number of aliphatic hydroxyl groups is 2. The molecule has 234 valence electrons. The summed E-state index contributed by atoms with van der Waals surface area (Å²) in [4.78, 5) is 34.2. The first kappa shape index (κ1) is 32.4. The van der Waals surface area contributed by atoms with Crippen LogP contribution in [0.3, 0.4) is 0 Å². The monoisotopic (exact) mass is 656 g/mol. The number of hydrogen-bond acceptors (Lipinski definition) is 10. The number of hydrogen-bond donors (Lipinski definition) is 8. The van der Waals surface area contributed by atoms with Gasteiger partial charge >= 0.3 is 11.9 Å². The lowest BCUT2D eigenvalue weighted by Crippen LogP contribution is -2.38. The molecule has 0 amide bonds. The van der Waals surface area contributed by atoms with Crippen LogP contribution in [0.2, 0.25) is 0 Å². The van der Waals surface area contributed by atoms with E-state index in [0.717, 1.165) is 0 Å². The van der Waals surface area contributed by atoms with Crippen molar-refractivity contribution in [1.29, 1.82) is 0 Å². The number of aromatic carboxylic acids is 2. The highest BCUT2D eigenvalue weighted by Crippen LogP contribution is 2.38. The number of nitrogens with one attached hydrogen (secondary N) is 4. The first-order valence-electron chi connectivity index (χ1n) is 14.0. The van der Waals surface area contributed by atoms with Gasteiger partial charge in [0.25, 0.3) is 0 Å². The molecule has 5 aromatic rings. The van der Waals surface area contributed by atoms with Crippen molar-refractivity contribution in [2.75, 3.05) is 26.3 Å². The van der Waals surface area contributed by atoms with Gasteiger partial charge in [-0.2, -0.15) is 0 Å². The third kappa shape index (κ3) is 6.67. The van der Waals surface area contributed by atoms with Crippen molar-refractivity contribution in [3.63, 3.8) is 0 Å². The van der Waals surface area contributed by atoms with Crippen LogP contribution < -0.4 is 21.7 Å². The topological polar surface area (TPSA) is 189 Å². The number of aliphatic hydroxyl groups excluding tert-OH is 2. The first-order valence-corrected chi connectivity index (χ1v) is 14.8. The van der Waals surface area contributed by atoms with E-state index in [0.29, 0.717) is 54.1 Å². The molecule has 5 rings (SSSR count). The van der Waals surface area contributed by atoms with Gasteiger partial charge in [0, 0.05) is 35.0 Å². The minimum atomic E-state index is -1.28. The molecule has 0 bridgehead atoms. The average Bonchev–Trinajstić information content (AvgIpc) is 3.07. The predicted molar refractivity (Wildman–Crippen MR) is 182 cm³/mol. The van der Waals surface area contributed by atoms with E-state index in [1.54, 1.807) is 60.7 Å². The second-order valence-electron chi connectivity index (χ2n) is 9.88. The van der Waals surface area contributed by atoms with Crippen LogP contribution in [0.5, 0.6) is 0 Å². The maximum atomic E-state index is 12.4. The number of thiocarbonyl (C=S) groups is 2. The highest BCUT2D eigenvalue weighted by atomic mass is 32.1. The number of benzene rings is 3. The summed E-state index contributed by atoms with van der Waals surface area (Å²) >= 11 is 11.2. The van der Waals surface area contributed by atoms with E-state index in [1.807, 2.05) is 0 Å². The van der Waals surface area contributed by atoms with Gasteiger partial charge in [0.1, 0.15) is 21.4 Å². The van der Waals surface area contributed by atoms with Crippen LogP contribution in [-0.2, 0) is 0 Å². The molecule has 0 aliphatic heterocycles. The summed E-state index contributed by atoms with van der Waals surface area (Å²) in [5, 5.41) is 39.5. The predicted octanol–water partition coefficient (Wildman–Crippen LogP) is 3.04. The number of nitrogens with zero attached hydrogens (tertiary/aromatic N) is 2. The van der Waals surface area contributed by atoms with Gasteiger partial charge in [0.15, 0.2) is 0 Å². The lowest BCUT2D eigenvalue weighted by Gasteiger charge is -2.18. The van der Waals surface area contributed by atoms with E-state index in [1.165, 1.54) is 12.1 Å². The van der Waals surface area contributed by atoms with Gasteiger partial charge in [-0.15, -0.1) is 0 Å². The lowest BCUT2D eigenvalue weighted by atomic mass is 9.92. The Morgan fingerprint density at radius 3 is 1.37 bits per heavy atom. The highest BCUT2D eigenvalue weighted by Gasteiger charge is 2.22. The van der Waals surface area contributed by atoms with Crippen LogP contribution in [0.4, 0.5) is 0 Å². The zero-order valence-electron chi connectivity index (χ0n) is 24.1. The molecule has 14 heteroatoms. The fourth-order valence-corrected chi connectivity index (χ4v) is 5.50. The van der Waals surface area contributed by atoms with Crippen molar-refractivity contribution in [3.8, 4) is 22.3 Å². The van der Waals surface area contributed by atoms with E-state index in [9.17, 15) is 19.8 Å².